The molecule has 2 aromatic carbocycles. The molecule has 4 rings (SSSR count). The Balaban J connectivity index is 1.49. The van der Waals surface area contributed by atoms with Gasteiger partial charge in [0.05, 0.1) is 17.3 Å². The Morgan fingerprint density at radius 2 is 1.83 bits per heavy atom. The normalized spacial score (nSPS) is 10.9. The van der Waals surface area contributed by atoms with Crippen molar-refractivity contribution in [2.75, 3.05) is 5.32 Å². The van der Waals surface area contributed by atoms with E-state index in [1.165, 1.54) is 0 Å². The molecule has 2 aromatic heterocycles. The van der Waals surface area contributed by atoms with Crippen molar-refractivity contribution < 1.29 is 4.79 Å². The van der Waals surface area contributed by atoms with Gasteiger partial charge in [0.15, 0.2) is 5.82 Å². The fourth-order valence-electron chi connectivity index (χ4n) is 2.78. The van der Waals surface area contributed by atoms with Gasteiger partial charge in [-0.05, 0) is 29.8 Å². The molecule has 2 heterocycles. The summed E-state index contributed by atoms with van der Waals surface area (Å²) in [5.41, 5.74) is 2.51. The van der Waals surface area contributed by atoms with Gasteiger partial charge in [0.2, 0.25) is 0 Å². The van der Waals surface area contributed by atoms with Crippen molar-refractivity contribution >= 4 is 46.5 Å². The molecule has 0 aliphatic heterocycles. The number of anilines is 1. The minimum absolute atomic E-state index is 0.250. The third-order valence-electron chi connectivity index (χ3n) is 4.17. The Labute approximate surface area is 181 Å². The molecule has 29 heavy (non-hydrogen) atoms. The molecule has 0 aliphatic carbocycles. The highest BCUT2D eigenvalue weighted by Gasteiger charge is 2.16. The Hall–Kier alpha value is -2.80. The number of carbonyl (C=O) groups excluding carboxylic acids is 1. The predicted octanol–water partition coefficient (Wildman–Crippen LogP) is 5.53. The molecule has 0 saturated heterocycles. The van der Waals surface area contributed by atoms with Crippen LogP contribution in [0.15, 0.2) is 60.8 Å². The van der Waals surface area contributed by atoms with Crippen LogP contribution in [0.5, 0.6) is 0 Å². The number of aromatic nitrogens is 4. The second-order valence-electron chi connectivity index (χ2n) is 6.25. The Morgan fingerprint density at radius 3 is 2.59 bits per heavy atom. The Kier molecular flexibility index (Phi) is 5.58. The van der Waals surface area contributed by atoms with Crippen molar-refractivity contribution in [1.82, 2.24) is 20.0 Å². The maximum atomic E-state index is 12.6. The molecule has 9 heteroatoms. The fraction of sp³-hybridized carbons (Fsp3) is 0.0500. The first-order valence-electron chi connectivity index (χ1n) is 8.58. The van der Waals surface area contributed by atoms with Crippen LogP contribution in [0.4, 0.5) is 5.82 Å². The van der Waals surface area contributed by atoms with Crippen LogP contribution in [0, 0.1) is 0 Å². The summed E-state index contributed by atoms with van der Waals surface area (Å²) < 4.78 is 1.67. The van der Waals surface area contributed by atoms with Crippen LogP contribution in [-0.2, 0) is 6.54 Å². The minimum Gasteiger partial charge on any atom is -0.302 e. The quantitative estimate of drug-likeness (QED) is 0.423. The highest BCUT2D eigenvalue weighted by atomic mass is 35.5. The monoisotopic (exact) mass is 445 g/mol. The summed E-state index contributed by atoms with van der Waals surface area (Å²) >= 11 is 18.3. The number of amides is 1. The van der Waals surface area contributed by atoms with Crippen LogP contribution in [-0.4, -0.2) is 25.9 Å². The van der Waals surface area contributed by atoms with Gasteiger partial charge >= 0.3 is 0 Å². The first kappa shape index (κ1) is 19.5. The van der Waals surface area contributed by atoms with Gasteiger partial charge in [0.25, 0.3) is 5.91 Å². The molecule has 0 bridgehead atoms. The summed E-state index contributed by atoms with van der Waals surface area (Å²) in [5.74, 6) is -0.144. The van der Waals surface area contributed by atoms with Gasteiger partial charge in [-0.15, -0.1) is 0 Å². The number of nitrogens with zero attached hydrogens (tertiary/aromatic N) is 3. The highest BCUT2D eigenvalue weighted by Crippen LogP contribution is 2.29. The molecule has 0 spiro atoms. The number of benzene rings is 2. The Morgan fingerprint density at radius 1 is 1.03 bits per heavy atom. The summed E-state index contributed by atoms with van der Waals surface area (Å²) in [6.07, 6.45) is 1.66. The second-order valence-corrected chi connectivity index (χ2v) is 7.50. The van der Waals surface area contributed by atoms with E-state index < -0.39 is 5.91 Å². The summed E-state index contributed by atoms with van der Waals surface area (Å²) in [6.45, 7) is 0.541. The molecule has 6 nitrogen and oxygen atoms in total. The van der Waals surface area contributed by atoms with E-state index in [-0.39, 0.29) is 11.5 Å². The molecular formula is C20H14Cl3N5O. The van der Waals surface area contributed by atoms with Gasteiger partial charge < -0.3 is 5.32 Å². The van der Waals surface area contributed by atoms with Crippen molar-refractivity contribution in [3.05, 3.63) is 87.1 Å². The largest absolute Gasteiger partial charge is 0.302 e. The predicted molar refractivity (Wildman–Crippen MR) is 115 cm³/mol. The number of H-pyrrole nitrogens is 1. The smallest absolute Gasteiger partial charge is 0.274 e. The van der Waals surface area contributed by atoms with Gasteiger partial charge in [-0.2, -0.15) is 10.2 Å². The number of nitrogens with one attached hydrogen (secondary N) is 2. The van der Waals surface area contributed by atoms with Crippen molar-refractivity contribution in [2.24, 2.45) is 0 Å². The molecule has 146 valence electrons. The SMILES string of the molecule is O=C(Nc1nn(Cc2ccccc2)cc1Cl)c1cc(-c2ccc(Cl)cc2Cl)n[nH]1. The molecule has 4 aromatic rings. The van der Waals surface area contributed by atoms with E-state index in [2.05, 4.69) is 20.6 Å². The zero-order valence-corrected chi connectivity index (χ0v) is 17.1. The molecule has 0 fully saturated rings. The lowest BCUT2D eigenvalue weighted by atomic mass is 10.1. The second kappa shape index (κ2) is 8.29. The van der Waals surface area contributed by atoms with Gasteiger partial charge in [-0.1, -0.05) is 65.1 Å². The van der Waals surface area contributed by atoms with E-state index in [1.807, 2.05) is 30.3 Å². The third kappa shape index (κ3) is 4.45. The van der Waals surface area contributed by atoms with Crippen molar-refractivity contribution in [3.8, 4) is 11.3 Å². The molecule has 2 N–H and O–H groups in total. The number of aromatic amines is 1. The van der Waals surface area contributed by atoms with Gasteiger partial charge in [-0.25, -0.2) is 0 Å². The summed E-state index contributed by atoms with van der Waals surface area (Å²) in [4.78, 5) is 12.6. The molecule has 0 saturated carbocycles. The van der Waals surface area contributed by atoms with Gasteiger partial charge in [0.1, 0.15) is 10.7 Å². The lowest BCUT2D eigenvalue weighted by Gasteiger charge is -2.02. The third-order valence-corrected chi connectivity index (χ3v) is 4.99. The number of hydrogen-bond donors (Lipinski definition) is 2. The average molecular weight is 447 g/mol. The van der Waals surface area contributed by atoms with Crippen molar-refractivity contribution in [3.63, 3.8) is 0 Å². The van der Waals surface area contributed by atoms with Crippen LogP contribution >= 0.6 is 34.8 Å². The molecule has 0 unspecified atom stereocenters. The van der Waals surface area contributed by atoms with E-state index in [4.69, 9.17) is 34.8 Å². The number of rotatable bonds is 5. The van der Waals surface area contributed by atoms with Crippen LogP contribution in [0.3, 0.4) is 0 Å². The van der Waals surface area contributed by atoms with Crippen LogP contribution < -0.4 is 5.32 Å². The van der Waals surface area contributed by atoms with Crippen molar-refractivity contribution in [1.29, 1.82) is 0 Å². The minimum atomic E-state index is -0.416. The summed E-state index contributed by atoms with van der Waals surface area (Å²) in [7, 11) is 0. The lowest BCUT2D eigenvalue weighted by molar-refractivity contribution is 0.102. The number of carbonyl (C=O) groups is 1. The van der Waals surface area contributed by atoms with Crippen LogP contribution in [0.2, 0.25) is 15.1 Å². The first-order valence-corrected chi connectivity index (χ1v) is 9.72. The maximum absolute atomic E-state index is 12.6. The van der Waals surface area contributed by atoms with Crippen molar-refractivity contribution in [2.45, 2.75) is 6.54 Å². The highest BCUT2D eigenvalue weighted by molar-refractivity contribution is 6.36. The lowest BCUT2D eigenvalue weighted by Crippen LogP contribution is -2.13. The molecular weight excluding hydrogens is 433 g/mol. The Bertz CT molecular complexity index is 1170. The van der Waals surface area contributed by atoms with E-state index in [0.717, 1.165) is 5.56 Å². The molecule has 0 atom stereocenters. The molecule has 0 aliphatic rings. The van der Waals surface area contributed by atoms with Gasteiger partial charge in [0, 0.05) is 16.8 Å². The van der Waals surface area contributed by atoms with E-state index >= 15 is 0 Å². The topological polar surface area (TPSA) is 75.6 Å². The fourth-order valence-corrected chi connectivity index (χ4v) is 3.48. The number of hydrogen-bond acceptors (Lipinski definition) is 3. The standard InChI is InChI=1S/C20H14Cl3N5O/c21-13-6-7-14(15(22)8-13)17-9-18(26-25-17)20(29)24-19-16(23)11-28(27-19)10-12-4-2-1-3-5-12/h1-9,11H,10H2,(H,25,26)(H,24,27,29). The van der Waals surface area contributed by atoms with E-state index in [1.54, 1.807) is 35.1 Å². The zero-order valence-electron chi connectivity index (χ0n) is 14.9. The molecule has 0 radical (unpaired) electrons. The summed E-state index contributed by atoms with van der Waals surface area (Å²) in [5, 5.41) is 15.2. The first-order chi connectivity index (χ1) is 14.0. The average Bonchev–Trinajstić information content (AvgIpc) is 3.30. The summed E-state index contributed by atoms with van der Waals surface area (Å²) in [6, 6.07) is 16.5. The van der Waals surface area contributed by atoms with Gasteiger partial charge in [-0.3, -0.25) is 14.6 Å². The zero-order chi connectivity index (χ0) is 20.4. The van der Waals surface area contributed by atoms with Crippen LogP contribution in [0.25, 0.3) is 11.3 Å². The van der Waals surface area contributed by atoms with E-state index in [0.29, 0.717) is 32.9 Å². The molecule has 1 amide bonds. The van der Waals surface area contributed by atoms with Crippen LogP contribution in [0.1, 0.15) is 16.1 Å². The number of halogens is 3. The van der Waals surface area contributed by atoms with E-state index in [9.17, 15) is 4.79 Å². The maximum Gasteiger partial charge on any atom is 0.274 e.